The Morgan fingerprint density at radius 2 is 2.40 bits per heavy atom. The van der Waals surface area contributed by atoms with E-state index in [4.69, 9.17) is 11.6 Å². The van der Waals surface area contributed by atoms with E-state index in [9.17, 15) is 4.79 Å². The van der Waals surface area contributed by atoms with Gasteiger partial charge in [-0.15, -0.1) is 0 Å². The molecule has 0 bridgehead atoms. The molecular weight excluding hydrogens is 152 g/mol. The summed E-state index contributed by atoms with van der Waals surface area (Å²) in [6, 6.07) is 0. The summed E-state index contributed by atoms with van der Waals surface area (Å²) in [7, 11) is 0. The van der Waals surface area contributed by atoms with Crippen LogP contribution < -0.4 is 0 Å². The molecule has 0 N–H and O–H groups in total. The van der Waals surface area contributed by atoms with Gasteiger partial charge in [0.15, 0.2) is 0 Å². The Balaban J connectivity index is 3.19. The predicted octanol–water partition coefficient (Wildman–Crippen LogP) is 0.896. The van der Waals surface area contributed by atoms with Crippen LogP contribution in [-0.2, 0) is 4.79 Å². The molecule has 4 heteroatoms. The van der Waals surface area contributed by atoms with Crippen LogP contribution in [0.5, 0.6) is 0 Å². The van der Waals surface area contributed by atoms with E-state index >= 15 is 0 Å². The first kappa shape index (κ1) is 7.15. The standard InChI is InChI=1S/C6H4ClN2O/c1-4-8-2-5(3-10)6(7)9-4/h2H,1H3. The predicted molar refractivity (Wildman–Crippen MR) is 36.6 cm³/mol. The molecular formula is C6H4ClN2O. The van der Waals surface area contributed by atoms with Gasteiger partial charge in [-0.1, -0.05) is 11.6 Å². The highest BCUT2D eigenvalue weighted by Gasteiger charge is 2.00. The molecule has 0 aliphatic heterocycles. The largest absolute Gasteiger partial charge is 0.285 e. The molecule has 3 nitrogen and oxygen atoms in total. The number of halogens is 1. The third kappa shape index (κ3) is 1.30. The van der Waals surface area contributed by atoms with Gasteiger partial charge in [0.25, 0.3) is 0 Å². The number of nitrogens with zero attached hydrogens (tertiary/aromatic N) is 2. The third-order valence-corrected chi connectivity index (χ3v) is 1.26. The van der Waals surface area contributed by atoms with Gasteiger partial charge in [0.2, 0.25) is 6.29 Å². The van der Waals surface area contributed by atoms with Crippen LogP contribution in [-0.4, -0.2) is 16.3 Å². The second-order valence-corrected chi connectivity index (χ2v) is 2.08. The van der Waals surface area contributed by atoms with Crippen LogP contribution in [0.4, 0.5) is 0 Å². The lowest BCUT2D eigenvalue weighted by molar-refractivity contribution is 0.562. The van der Waals surface area contributed by atoms with Crippen LogP contribution in [0.15, 0.2) is 6.20 Å². The Labute approximate surface area is 63.1 Å². The first-order valence-corrected chi connectivity index (χ1v) is 2.99. The van der Waals surface area contributed by atoms with Crippen LogP contribution in [0.3, 0.4) is 0 Å². The summed E-state index contributed by atoms with van der Waals surface area (Å²) in [4.78, 5) is 17.5. The summed E-state index contributed by atoms with van der Waals surface area (Å²) in [5.74, 6) is 0.545. The maximum Gasteiger partial charge on any atom is 0.238 e. The van der Waals surface area contributed by atoms with E-state index in [-0.39, 0.29) is 10.7 Å². The molecule has 0 fully saturated rings. The van der Waals surface area contributed by atoms with E-state index in [0.717, 1.165) is 0 Å². The van der Waals surface area contributed by atoms with Gasteiger partial charge < -0.3 is 0 Å². The second kappa shape index (κ2) is 2.75. The molecule has 0 saturated carbocycles. The topological polar surface area (TPSA) is 42.9 Å². The van der Waals surface area contributed by atoms with Gasteiger partial charge in [0.05, 0.1) is 5.56 Å². The molecule has 51 valence electrons. The molecule has 10 heavy (non-hydrogen) atoms. The number of hydrogen-bond acceptors (Lipinski definition) is 3. The summed E-state index contributed by atoms with van der Waals surface area (Å²) in [5.41, 5.74) is 0.201. The van der Waals surface area contributed by atoms with Crippen molar-refractivity contribution >= 4 is 17.9 Å². The molecule has 0 saturated heterocycles. The Morgan fingerprint density at radius 3 is 2.90 bits per heavy atom. The SMILES string of the molecule is Cc1ncc([C]=O)c(Cl)n1. The zero-order valence-electron chi connectivity index (χ0n) is 5.26. The minimum Gasteiger partial charge on any atom is -0.285 e. The van der Waals surface area contributed by atoms with Crippen LogP contribution in [0, 0.1) is 6.92 Å². The maximum absolute atomic E-state index is 10.0. The van der Waals surface area contributed by atoms with Gasteiger partial charge in [0, 0.05) is 6.20 Å². The lowest BCUT2D eigenvalue weighted by Gasteiger charge is -1.92. The first-order valence-electron chi connectivity index (χ1n) is 2.61. The molecule has 0 aromatic carbocycles. The monoisotopic (exact) mass is 155 g/mol. The molecule has 1 aromatic rings. The molecule has 0 atom stereocenters. The molecule has 1 aromatic heterocycles. The van der Waals surface area contributed by atoms with Crippen molar-refractivity contribution in [2.45, 2.75) is 6.92 Å². The fourth-order valence-electron chi connectivity index (χ4n) is 0.511. The van der Waals surface area contributed by atoms with Gasteiger partial charge in [-0.05, 0) is 6.92 Å². The van der Waals surface area contributed by atoms with Crippen molar-refractivity contribution in [2.24, 2.45) is 0 Å². The van der Waals surface area contributed by atoms with Crippen LogP contribution in [0.25, 0.3) is 0 Å². The van der Waals surface area contributed by atoms with E-state index in [1.54, 1.807) is 13.2 Å². The number of rotatable bonds is 1. The first-order chi connectivity index (χ1) is 4.74. The fraction of sp³-hybridized carbons (Fsp3) is 0.167. The smallest absolute Gasteiger partial charge is 0.238 e. The molecule has 0 unspecified atom stereocenters. The quantitative estimate of drug-likeness (QED) is 0.566. The van der Waals surface area contributed by atoms with E-state index in [0.29, 0.717) is 5.82 Å². The van der Waals surface area contributed by atoms with Crippen molar-refractivity contribution in [2.75, 3.05) is 0 Å². The fourth-order valence-corrected chi connectivity index (χ4v) is 0.721. The van der Waals surface area contributed by atoms with Gasteiger partial charge in [-0.25, -0.2) is 9.97 Å². The molecule has 1 rings (SSSR count). The molecule has 0 aliphatic rings. The number of aromatic nitrogens is 2. The molecule has 0 spiro atoms. The highest BCUT2D eigenvalue weighted by Crippen LogP contribution is 2.07. The third-order valence-electron chi connectivity index (χ3n) is 0.973. The van der Waals surface area contributed by atoms with Crippen molar-refractivity contribution in [3.8, 4) is 0 Å². The summed E-state index contributed by atoms with van der Waals surface area (Å²) in [6.45, 7) is 1.69. The average Bonchev–Trinajstić information content (AvgIpc) is 1.88. The lowest BCUT2D eigenvalue weighted by Crippen LogP contribution is -1.92. The molecule has 0 aliphatic carbocycles. The van der Waals surface area contributed by atoms with Gasteiger partial charge in [-0.3, -0.25) is 4.79 Å². The van der Waals surface area contributed by atoms with E-state index < -0.39 is 0 Å². The Morgan fingerprint density at radius 1 is 1.70 bits per heavy atom. The zero-order chi connectivity index (χ0) is 7.56. The Kier molecular flexibility index (Phi) is 1.97. The normalized spacial score (nSPS) is 9.40. The van der Waals surface area contributed by atoms with Gasteiger partial charge in [0.1, 0.15) is 11.0 Å². The van der Waals surface area contributed by atoms with Gasteiger partial charge >= 0.3 is 0 Å². The minimum absolute atomic E-state index is 0.155. The second-order valence-electron chi connectivity index (χ2n) is 1.72. The van der Waals surface area contributed by atoms with Crippen molar-refractivity contribution in [1.82, 2.24) is 9.97 Å². The van der Waals surface area contributed by atoms with E-state index in [2.05, 4.69) is 9.97 Å². The summed E-state index contributed by atoms with van der Waals surface area (Å²) < 4.78 is 0. The van der Waals surface area contributed by atoms with Crippen molar-refractivity contribution in [3.63, 3.8) is 0 Å². The number of aryl methyl sites for hydroxylation is 1. The summed E-state index contributed by atoms with van der Waals surface area (Å²) in [5, 5.41) is 0.155. The molecule has 1 heterocycles. The van der Waals surface area contributed by atoms with Crippen LogP contribution in [0.2, 0.25) is 5.15 Å². The summed E-state index contributed by atoms with van der Waals surface area (Å²) in [6.07, 6.45) is 2.96. The number of hydrogen-bond donors (Lipinski definition) is 0. The van der Waals surface area contributed by atoms with Crippen LogP contribution >= 0.6 is 11.6 Å². The van der Waals surface area contributed by atoms with Crippen LogP contribution in [0.1, 0.15) is 11.4 Å². The maximum atomic E-state index is 10.0. The van der Waals surface area contributed by atoms with E-state index in [1.807, 2.05) is 0 Å². The minimum atomic E-state index is 0.155. The van der Waals surface area contributed by atoms with Crippen molar-refractivity contribution < 1.29 is 4.79 Å². The highest BCUT2D eigenvalue weighted by molar-refractivity contribution is 6.31. The van der Waals surface area contributed by atoms with E-state index in [1.165, 1.54) is 6.20 Å². The summed E-state index contributed by atoms with van der Waals surface area (Å²) >= 11 is 5.52. The lowest BCUT2D eigenvalue weighted by atomic mass is 10.4. The molecule has 0 amide bonds. The highest BCUT2D eigenvalue weighted by atomic mass is 35.5. The van der Waals surface area contributed by atoms with Crippen molar-refractivity contribution in [1.29, 1.82) is 0 Å². The zero-order valence-corrected chi connectivity index (χ0v) is 6.01. The Hall–Kier alpha value is -0.960. The van der Waals surface area contributed by atoms with Gasteiger partial charge in [-0.2, -0.15) is 0 Å². The van der Waals surface area contributed by atoms with Crippen molar-refractivity contribution in [3.05, 3.63) is 22.7 Å². The number of carbonyl (C=O) groups excluding carboxylic acids is 1. The Bertz CT molecular complexity index is 262. The molecule has 1 radical (unpaired) electrons. The average molecular weight is 156 g/mol.